The molecule has 0 saturated heterocycles. The maximum Gasteiger partial charge on any atom is 0.217 e. The molecule has 136 valence electrons. The van der Waals surface area contributed by atoms with Crippen LogP contribution in [0, 0.1) is 5.82 Å². The third-order valence-electron chi connectivity index (χ3n) is 4.21. The van der Waals surface area contributed by atoms with E-state index in [9.17, 15) is 4.39 Å². The van der Waals surface area contributed by atoms with Crippen molar-refractivity contribution in [1.29, 1.82) is 0 Å². The number of ether oxygens (including phenoxy) is 1. The molecule has 2 aromatic heterocycles. The molecule has 0 bridgehead atoms. The van der Waals surface area contributed by atoms with Gasteiger partial charge >= 0.3 is 0 Å². The Morgan fingerprint density at radius 2 is 1.93 bits per heavy atom. The smallest absolute Gasteiger partial charge is 0.217 e. The number of nitrogens with one attached hydrogen (secondary N) is 1. The van der Waals surface area contributed by atoms with Crippen molar-refractivity contribution in [3.8, 4) is 17.1 Å². The van der Waals surface area contributed by atoms with Gasteiger partial charge in [-0.1, -0.05) is 30.3 Å². The quantitative estimate of drug-likeness (QED) is 0.558. The van der Waals surface area contributed by atoms with Crippen molar-refractivity contribution in [3.63, 3.8) is 0 Å². The van der Waals surface area contributed by atoms with E-state index in [4.69, 9.17) is 9.15 Å². The third-order valence-corrected chi connectivity index (χ3v) is 4.21. The first-order valence-corrected chi connectivity index (χ1v) is 8.41. The van der Waals surface area contributed by atoms with Crippen LogP contribution in [0.3, 0.4) is 0 Å². The Morgan fingerprint density at radius 3 is 2.70 bits per heavy atom. The highest BCUT2D eigenvalue weighted by Gasteiger charge is 2.16. The molecule has 0 aliphatic rings. The summed E-state index contributed by atoms with van der Waals surface area (Å²) >= 11 is 0. The van der Waals surface area contributed by atoms with Gasteiger partial charge in [0.25, 0.3) is 0 Å². The zero-order valence-corrected chi connectivity index (χ0v) is 14.8. The molecule has 0 aliphatic heterocycles. The molecule has 1 atom stereocenters. The lowest BCUT2D eigenvalue weighted by Crippen LogP contribution is -2.09. The highest BCUT2D eigenvalue weighted by atomic mass is 19.1. The first kappa shape index (κ1) is 17.0. The number of methoxy groups -OCH3 is 1. The number of aromatic nitrogens is 3. The van der Waals surface area contributed by atoms with E-state index in [1.54, 1.807) is 12.3 Å². The molecule has 27 heavy (non-hydrogen) atoms. The molecule has 6 nitrogen and oxygen atoms in total. The summed E-state index contributed by atoms with van der Waals surface area (Å²) in [6, 6.07) is 12.4. The summed E-state index contributed by atoms with van der Waals surface area (Å²) < 4.78 is 24.9. The fourth-order valence-corrected chi connectivity index (χ4v) is 2.82. The Bertz CT molecular complexity index is 1080. The number of halogens is 1. The summed E-state index contributed by atoms with van der Waals surface area (Å²) in [5, 5.41) is 3.90. The van der Waals surface area contributed by atoms with Gasteiger partial charge in [-0.3, -0.25) is 0 Å². The molecule has 2 aromatic carbocycles. The molecule has 0 spiro atoms. The van der Waals surface area contributed by atoms with Crippen molar-refractivity contribution >= 4 is 16.7 Å². The van der Waals surface area contributed by atoms with Crippen molar-refractivity contribution < 1.29 is 13.5 Å². The van der Waals surface area contributed by atoms with Crippen LogP contribution in [0.5, 0.6) is 5.75 Å². The van der Waals surface area contributed by atoms with Gasteiger partial charge in [0.15, 0.2) is 17.3 Å². The maximum atomic E-state index is 13.9. The van der Waals surface area contributed by atoms with Gasteiger partial charge in [-0.05, 0) is 13.0 Å². The molecule has 0 fully saturated rings. The molecule has 0 radical (unpaired) electrons. The van der Waals surface area contributed by atoms with E-state index in [0.717, 1.165) is 5.56 Å². The number of fused-ring (bicyclic) bond motifs is 1. The van der Waals surface area contributed by atoms with E-state index < -0.39 is 5.82 Å². The lowest BCUT2D eigenvalue weighted by molar-refractivity contribution is 0.387. The molecule has 0 aliphatic carbocycles. The van der Waals surface area contributed by atoms with E-state index in [0.29, 0.717) is 28.4 Å². The van der Waals surface area contributed by atoms with Gasteiger partial charge in [0.1, 0.15) is 18.2 Å². The molecule has 0 amide bonds. The number of hydrogen-bond donors (Lipinski definition) is 1. The van der Waals surface area contributed by atoms with Crippen molar-refractivity contribution in [2.45, 2.75) is 13.0 Å². The number of anilines is 1. The molecular formula is C20H17FN4O2. The van der Waals surface area contributed by atoms with Gasteiger partial charge in [-0.15, -0.1) is 0 Å². The molecular weight excluding hydrogens is 347 g/mol. The van der Waals surface area contributed by atoms with Crippen molar-refractivity contribution in [3.05, 3.63) is 66.7 Å². The van der Waals surface area contributed by atoms with Gasteiger partial charge in [0.2, 0.25) is 5.89 Å². The Labute approximate surface area is 155 Å². The van der Waals surface area contributed by atoms with Crippen LogP contribution in [-0.2, 0) is 0 Å². The first-order chi connectivity index (χ1) is 13.2. The second-order valence-electron chi connectivity index (χ2n) is 6.02. The van der Waals surface area contributed by atoms with Gasteiger partial charge < -0.3 is 14.5 Å². The van der Waals surface area contributed by atoms with Gasteiger partial charge in [-0.25, -0.2) is 19.3 Å². The fraction of sp³-hybridized carbons (Fsp3) is 0.150. The Morgan fingerprint density at radius 1 is 1.11 bits per heavy atom. The van der Waals surface area contributed by atoms with Crippen LogP contribution in [0.4, 0.5) is 10.2 Å². The van der Waals surface area contributed by atoms with Crippen LogP contribution in [-0.4, -0.2) is 22.1 Å². The minimum absolute atomic E-state index is 0.135. The number of benzene rings is 2. The second-order valence-corrected chi connectivity index (χ2v) is 6.02. The normalized spacial score (nSPS) is 12.1. The van der Waals surface area contributed by atoms with E-state index in [-0.39, 0.29) is 11.8 Å². The number of hydrogen-bond acceptors (Lipinski definition) is 6. The van der Waals surface area contributed by atoms with Gasteiger partial charge in [-0.2, -0.15) is 0 Å². The Hall–Kier alpha value is -3.48. The summed E-state index contributed by atoms with van der Waals surface area (Å²) in [5.74, 6) is 1.42. The monoisotopic (exact) mass is 364 g/mol. The Kier molecular flexibility index (Phi) is 4.42. The summed E-state index contributed by atoms with van der Waals surface area (Å²) in [6.07, 6.45) is 3.08. The van der Waals surface area contributed by atoms with E-state index in [1.807, 2.05) is 37.3 Å². The predicted molar refractivity (Wildman–Crippen MR) is 100 cm³/mol. The Balaban J connectivity index is 1.63. The largest absolute Gasteiger partial charge is 0.494 e. The molecule has 4 aromatic rings. The first-order valence-electron chi connectivity index (χ1n) is 8.41. The molecule has 7 heteroatoms. The van der Waals surface area contributed by atoms with Crippen LogP contribution in [0.15, 0.2) is 59.4 Å². The maximum absolute atomic E-state index is 13.9. The lowest BCUT2D eigenvalue weighted by Gasteiger charge is -2.13. The zero-order valence-electron chi connectivity index (χ0n) is 14.8. The minimum atomic E-state index is -0.470. The van der Waals surface area contributed by atoms with Crippen LogP contribution in [0.1, 0.15) is 18.9 Å². The van der Waals surface area contributed by atoms with Crippen molar-refractivity contribution in [2.75, 3.05) is 12.4 Å². The third kappa shape index (κ3) is 3.31. The van der Waals surface area contributed by atoms with Crippen LogP contribution in [0.2, 0.25) is 0 Å². The highest BCUT2D eigenvalue weighted by Crippen LogP contribution is 2.30. The van der Waals surface area contributed by atoms with E-state index in [2.05, 4.69) is 20.3 Å². The van der Waals surface area contributed by atoms with Crippen LogP contribution >= 0.6 is 0 Å². The van der Waals surface area contributed by atoms with Crippen LogP contribution < -0.4 is 10.1 Å². The average molecular weight is 364 g/mol. The van der Waals surface area contributed by atoms with E-state index in [1.165, 1.54) is 19.5 Å². The van der Waals surface area contributed by atoms with Crippen LogP contribution in [0.25, 0.3) is 22.2 Å². The summed E-state index contributed by atoms with van der Waals surface area (Å²) in [4.78, 5) is 12.7. The number of oxazole rings is 1. The fourth-order valence-electron chi connectivity index (χ4n) is 2.82. The van der Waals surface area contributed by atoms with Crippen molar-refractivity contribution in [1.82, 2.24) is 15.0 Å². The minimum Gasteiger partial charge on any atom is -0.494 e. The van der Waals surface area contributed by atoms with Gasteiger partial charge in [0, 0.05) is 17.0 Å². The number of nitrogens with zero attached hydrogens (tertiary/aromatic N) is 3. The molecule has 4 rings (SSSR count). The van der Waals surface area contributed by atoms with Crippen molar-refractivity contribution in [2.24, 2.45) is 0 Å². The average Bonchev–Trinajstić information content (AvgIpc) is 3.19. The highest BCUT2D eigenvalue weighted by molar-refractivity contribution is 5.90. The molecule has 0 saturated carbocycles. The standard InChI is InChI=1S/C20H17FN4O2/c1-12(20-22-10-18(27-20)13-6-4-3-5-7-13)25-19-14-8-17(26-2)15(21)9-16(14)23-11-24-19/h3-12H,1-2H3,(H,23,24,25). The molecule has 1 N–H and O–H groups in total. The van der Waals surface area contributed by atoms with Gasteiger partial charge in [0.05, 0.1) is 18.8 Å². The SMILES string of the molecule is COc1cc2c(NC(C)c3ncc(-c4ccccc4)o3)ncnc2cc1F. The zero-order chi connectivity index (χ0) is 18.8. The summed E-state index contributed by atoms with van der Waals surface area (Å²) in [5.41, 5.74) is 1.44. The topological polar surface area (TPSA) is 73.1 Å². The molecule has 2 heterocycles. The predicted octanol–water partition coefficient (Wildman–Crippen LogP) is 4.61. The summed E-state index contributed by atoms with van der Waals surface area (Å²) in [6.45, 7) is 1.91. The molecule has 1 unspecified atom stereocenters. The summed E-state index contributed by atoms with van der Waals surface area (Å²) in [7, 11) is 1.42. The second kappa shape index (κ2) is 7.03. The number of rotatable bonds is 5. The lowest BCUT2D eigenvalue weighted by atomic mass is 10.2. The van der Waals surface area contributed by atoms with E-state index >= 15 is 0 Å².